The average Bonchev–Trinajstić information content (AvgIpc) is 3.36. The van der Waals surface area contributed by atoms with Crippen molar-refractivity contribution >= 4 is 23.4 Å². The summed E-state index contributed by atoms with van der Waals surface area (Å²) in [6.07, 6.45) is 2.99. The number of amides is 1. The second-order valence-electron chi connectivity index (χ2n) is 7.84. The molecule has 1 aromatic carbocycles. The third-order valence-electron chi connectivity index (χ3n) is 6.11. The first-order valence-electron chi connectivity index (χ1n) is 10.2. The number of nitrogens with zero attached hydrogens (tertiary/aromatic N) is 4. The zero-order chi connectivity index (χ0) is 20.0. The van der Waals surface area contributed by atoms with Gasteiger partial charge < -0.3 is 9.80 Å². The Kier molecular flexibility index (Phi) is 4.81. The van der Waals surface area contributed by atoms with Crippen LogP contribution in [0.5, 0.6) is 0 Å². The summed E-state index contributed by atoms with van der Waals surface area (Å²) in [7, 11) is 0. The van der Waals surface area contributed by atoms with Crippen molar-refractivity contribution in [2.75, 3.05) is 36.8 Å². The van der Waals surface area contributed by atoms with Crippen molar-refractivity contribution in [2.45, 2.75) is 36.9 Å². The highest BCUT2D eigenvalue weighted by molar-refractivity contribution is 7.99. The Labute approximate surface area is 172 Å². The van der Waals surface area contributed by atoms with Crippen molar-refractivity contribution < 1.29 is 9.18 Å². The first-order chi connectivity index (χ1) is 14.1. The molecule has 2 aliphatic heterocycles. The molecule has 0 bridgehead atoms. The fourth-order valence-corrected chi connectivity index (χ4v) is 5.69. The maximum atomic E-state index is 14.0. The van der Waals surface area contributed by atoms with Crippen LogP contribution >= 0.6 is 11.8 Å². The molecule has 1 aliphatic carbocycles. The lowest BCUT2D eigenvalue weighted by molar-refractivity contribution is -0.132. The minimum Gasteiger partial charge on any atom is -0.366 e. The van der Waals surface area contributed by atoms with Gasteiger partial charge in [-0.1, -0.05) is 23.9 Å². The van der Waals surface area contributed by atoms with Gasteiger partial charge in [0.1, 0.15) is 5.82 Å². The molecule has 2 aromatic rings. The Morgan fingerprint density at radius 2 is 1.97 bits per heavy atom. The zero-order valence-electron chi connectivity index (χ0n) is 16.1. The van der Waals surface area contributed by atoms with Crippen LogP contribution in [0.2, 0.25) is 0 Å². The quantitative estimate of drug-likeness (QED) is 0.721. The van der Waals surface area contributed by atoms with Gasteiger partial charge in [0.05, 0.1) is 17.4 Å². The predicted molar refractivity (Wildman–Crippen MR) is 110 cm³/mol. The zero-order valence-corrected chi connectivity index (χ0v) is 17.0. The van der Waals surface area contributed by atoms with Crippen LogP contribution in [0.3, 0.4) is 0 Å². The summed E-state index contributed by atoms with van der Waals surface area (Å²) in [5.74, 6) is 0.543. The molecule has 1 aromatic heterocycles. The molecule has 0 radical (unpaired) electrons. The Morgan fingerprint density at radius 3 is 2.76 bits per heavy atom. The van der Waals surface area contributed by atoms with Crippen molar-refractivity contribution in [1.29, 1.82) is 0 Å². The van der Waals surface area contributed by atoms with Crippen molar-refractivity contribution in [3.05, 3.63) is 51.7 Å². The fourth-order valence-electron chi connectivity index (χ4n) is 4.54. The molecule has 0 saturated carbocycles. The van der Waals surface area contributed by atoms with Crippen LogP contribution in [0.4, 0.5) is 10.1 Å². The van der Waals surface area contributed by atoms with Crippen molar-refractivity contribution in [3.8, 4) is 0 Å². The molecule has 1 atom stereocenters. The molecule has 0 unspecified atom stereocenters. The van der Waals surface area contributed by atoms with Crippen LogP contribution in [0.1, 0.15) is 30.1 Å². The van der Waals surface area contributed by atoms with E-state index < -0.39 is 0 Å². The highest BCUT2D eigenvalue weighted by Gasteiger charge is 2.33. The maximum absolute atomic E-state index is 14.0. The van der Waals surface area contributed by atoms with E-state index in [1.165, 1.54) is 6.07 Å². The number of aromatic nitrogens is 2. The van der Waals surface area contributed by atoms with Gasteiger partial charge in [-0.15, -0.1) is 0 Å². The number of fused-ring (bicyclic) bond motifs is 2. The number of carbonyl (C=O) groups excluding carboxylic acids is 1. The van der Waals surface area contributed by atoms with E-state index in [1.54, 1.807) is 28.5 Å². The summed E-state index contributed by atoms with van der Waals surface area (Å²) in [5.41, 5.74) is 2.43. The highest BCUT2D eigenvalue weighted by atomic mass is 32.2. The standard InChI is InChI=1S/C21H23FN4O2S/c22-16-5-1-2-7-18(16)24-8-10-25(11-9-24)19(27)12-14-13-29-21-23-17-6-3-4-15(17)20(28)26(14)21/h1-2,5,7,14H,3-4,6,8-13H2/t14-/m1/s1. The van der Waals surface area contributed by atoms with E-state index >= 15 is 0 Å². The molecule has 8 heteroatoms. The molecule has 1 saturated heterocycles. The number of thioether (sulfide) groups is 1. The van der Waals surface area contributed by atoms with E-state index in [-0.39, 0.29) is 23.3 Å². The Bertz CT molecular complexity index is 1020. The van der Waals surface area contributed by atoms with Crippen molar-refractivity contribution in [1.82, 2.24) is 14.5 Å². The van der Waals surface area contributed by atoms with Gasteiger partial charge in [0.15, 0.2) is 5.16 Å². The van der Waals surface area contributed by atoms with Gasteiger partial charge in [0.25, 0.3) is 5.56 Å². The number of carbonyl (C=O) groups is 1. The van der Waals surface area contributed by atoms with Crippen LogP contribution in [-0.2, 0) is 17.6 Å². The maximum Gasteiger partial charge on any atom is 0.257 e. The van der Waals surface area contributed by atoms with Gasteiger partial charge >= 0.3 is 0 Å². The van der Waals surface area contributed by atoms with Crippen molar-refractivity contribution in [3.63, 3.8) is 0 Å². The first kappa shape index (κ1) is 18.7. The number of anilines is 1. The molecule has 0 N–H and O–H groups in total. The van der Waals surface area contributed by atoms with Gasteiger partial charge in [-0.3, -0.25) is 14.2 Å². The summed E-state index contributed by atoms with van der Waals surface area (Å²) in [6.45, 7) is 2.35. The van der Waals surface area contributed by atoms with Gasteiger partial charge in [-0.2, -0.15) is 0 Å². The largest absolute Gasteiger partial charge is 0.366 e. The SMILES string of the molecule is O=C(C[C@@H]1CSc2nc3c(c(=O)n21)CCC3)N1CCN(c2ccccc2F)CC1. The molecule has 29 heavy (non-hydrogen) atoms. The predicted octanol–water partition coefficient (Wildman–Crippen LogP) is 2.26. The smallest absolute Gasteiger partial charge is 0.257 e. The van der Waals surface area contributed by atoms with Crippen LogP contribution in [0.15, 0.2) is 34.2 Å². The molecule has 5 rings (SSSR count). The summed E-state index contributed by atoms with van der Waals surface area (Å²) in [6, 6.07) is 6.62. The van der Waals surface area contributed by atoms with E-state index in [4.69, 9.17) is 0 Å². The van der Waals surface area contributed by atoms with E-state index in [0.29, 0.717) is 44.0 Å². The monoisotopic (exact) mass is 414 g/mol. The van der Waals surface area contributed by atoms with Crippen LogP contribution in [0, 0.1) is 5.82 Å². The van der Waals surface area contributed by atoms with Gasteiger partial charge in [0.2, 0.25) is 5.91 Å². The van der Waals surface area contributed by atoms with Crippen LogP contribution in [-0.4, -0.2) is 52.3 Å². The second-order valence-corrected chi connectivity index (χ2v) is 8.82. The molecule has 152 valence electrons. The van der Waals surface area contributed by atoms with E-state index in [2.05, 4.69) is 4.98 Å². The summed E-state index contributed by atoms with van der Waals surface area (Å²) < 4.78 is 15.8. The molecule has 1 fully saturated rings. The Balaban J connectivity index is 1.25. The number of aryl methyl sites for hydroxylation is 1. The highest BCUT2D eigenvalue weighted by Crippen LogP contribution is 2.34. The second kappa shape index (κ2) is 7.48. The van der Waals surface area contributed by atoms with Gasteiger partial charge in [-0.05, 0) is 31.4 Å². The molecule has 0 spiro atoms. The lowest BCUT2D eigenvalue weighted by Crippen LogP contribution is -2.49. The molecular weight excluding hydrogens is 391 g/mol. The fraction of sp³-hybridized carbons (Fsp3) is 0.476. The number of hydrogen-bond acceptors (Lipinski definition) is 5. The number of para-hydroxylation sites is 1. The molecular formula is C21H23FN4O2S. The van der Waals surface area contributed by atoms with Gasteiger partial charge in [0, 0.05) is 43.9 Å². The Morgan fingerprint density at radius 1 is 1.17 bits per heavy atom. The number of rotatable bonds is 3. The third kappa shape index (κ3) is 3.33. The minimum atomic E-state index is -0.230. The average molecular weight is 415 g/mol. The lowest BCUT2D eigenvalue weighted by Gasteiger charge is -2.36. The number of piperazine rings is 1. The van der Waals surface area contributed by atoms with Gasteiger partial charge in [-0.25, -0.2) is 9.37 Å². The van der Waals surface area contributed by atoms with E-state index in [1.807, 2.05) is 15.9 Å². The van der Waals surface area contributed by atoms with Crippen LogP contribution < -0.4 is 10.5 Å². The van der Waals surface area contributed by atoms with Crippen molar-refractivity contribution in [2.24, 2.45) is 0 Å². The molecule has 6 nitrogen and oxygen atoms in total. The topological polar surface area (TPSA) is 58.4 Å². The molecule has 3 aliphatic rings. The summed E-state index contributed by atoms with van der Waals surface area (Å²) >= 11 is 1.58. The lowest BCUT2D eigenvalue weighted by atomic mass is 10.1. The normalized spacial score (nSPS) is 20.7. The molecule has 1 amide bonds. The Hall–Kier alpha value is -2.35. The van der Waals surface area contributed by atoms with Crippen LogP contribution in [0.25, 0.3) is 0 Å². The summed E-state index contributed by atoms with van der Waals surface area (Å²) in [5, 5.41) is 0.762. The summed E-state index contributed by atoms with van der Waals surface area (Å²) in [4.78, 5) is 34.3. The third-order valence-corrected chi connectivity index (χ3v) is 7.21. The number of halogens is 1. The number of benzene rings is 1. The number of hydrogen-bond donors (Lipinski definition) is 0. The molecule has 3 heterocycles. The first-order valence-corrected chi connectivity index (χ1v) is 11.1. The minimum absolute atomic E-state index is 0.0506. The van der Waals surface area contributed by atoms with E-state index in [9.17, 15) is 14.0 Å². The van der Waals surface area contributed by atoms with E-state index in [0.717, 1.165) is 35.7 Å².